The largest absolute Gasteiger partial charge is 0.326 e. The van der Waals surface area contributed by atoms with E-state index < -0.39 is 0 Å². The molecule has 1 fully saturated rings. The lowest BCUT2D eigenvalue weighted by atomic mass is 9.92. The van der Waals surface area contributed by atoms with Gasteiger partial charge in [0.15, 0.2) is 0 Å². The average Bonchev–Trinajstić information content (AvgIpc) is 2.71. The molecule has 2 nitrogen and oxygen atoms in total. The van der Waals surface area contributed by atoms with Crippen molar-refractivity contribution in [2.45, 2.75) is 70.8 Å². The van der Waals surface area contributed by atoms with E-state index in [2.05, 4.69) is 6.92 Å². The molecule has 0 atom stereocenters. The van der Waals surface area contributed by atoms with Crippen molar-refractivity contribution >= 4 is 11.3 Å². The molecule has 0 aliphatic heterocycles. The summed E-state index contributed by atoms with van der Waals surface area (Å²) in [5.41, 5.74) is 7.04. The van der Waals surface area contributed by atoms with Crippen LogP contribution in [-0.4, -0.2) is 4.98 Å². The second kappa shape index (κ2) is 6.50. The second-order valence-electron chi connectivity index (χ2n) is 5.02. The molecule has 1 heterocycles. The molecular formula is C14H24N2S. The van der Waals surface area contributed by atoms with Crippen molar-refractivity contribution in [3.05, 3.63) is 15.6 Å². The fraction of sp³-hybridized carbons (Fsp3) is 0.786. The van der Waals surface area contributed by atoms with Gasteiger partial charge in [-0.1, -0.05) is 39.0 Å². The predicted molar refractivity (Wildman–Crippen MR) is 74.4 cm³/mol. The number of nitrogens with zero attached hydrogens (tertiary/aromatic N) is 1. The van der Waals surface area contributed by atoms with Crippen LogP contribution in [0.25, 0.3) is 0 Å². The average molecular weight is 252 g/mol. The lowest BCUT2D eigenvalue weighted by molar-refractivity contribution is 0.454. The van der Waals surface area contributed by atoms with Crippen molar-refractivity contribution in [1.82, 2.24) is 4.98 Å². The normalized spacial score (nSPS) is 18.9. The minimum atomic E-state index is 0.660. The molecule has 1 aliphatic carbocycles. The Balaban J connectivity index is 2.10. The fourth-order valence-electron chi connectivity index (χ4n) is 2.72. The van der Waals surface area contributed by atoms with E-state index in [1.807, 2.05) is 11.3 Å². The Morgan fingerprint density at radius 1 is 1.18 bits per heavy atom. The maximum atomic E-state index is 5.80. The molecule has 96 valence electrons. The second-order valence-corrected chi connectivity index (χ2v) is 6.14. The van der Waals surface area contributed by atoms with Gasteiger partial charge in [-0.15, -0.1) is 11.3 Å². The number of aryl methyl sites for hydroxylation is 1. The molecule has 3 heteroatoms. The Hall–Kier alpha value is -0.410. The summed E-state index contributed by atoms with van der Waals surface area (Å²) < 4.78 is 0. The first-order chi connectivity index (χ1) is 8.35. The Morgan fingerprint density at radius 2 is 1.82 bits per heavy atom. The molecule has 0 aromatic carbocycles. The first-order valence-corrected chi connectivity index (χ1v) is 7.85. The van der Waals surface area contributed by atoms with E-state index >= 15 is 0 Å². The van der Waals surface area contributed by atoms with Gasteiger partial charge in [0.05, 0.1) is 10.7 Å². The van der Waals surface area contributed by atoms with Gasteiger partial charge in [0.25, 0.3) is 0 Å². The maximum Gasteiger partial charge on any atom is 0.0962 e. The van der Waals surface area contributed by atoms with Gasteiger partial charge >= 0.3 is 0 Å². The molecule has 0 saturated heterocycles. The van der Waals surface area contributed by atoms with E-state index in [0.29, 0.717) is 12.5 Å². The minimum Gasteiger partial charge on any atom is -0.326 e. The van der Waals surface area contributed by atoms with Gasteiger partial charge in [-0.05, 0) is 19.3 Å². The Bertz CT molecular complexity index is 316. The van der Waals surface area contributed by atoms with Crippen LogP contribution in [0.5, 0.6) is 0 Å². The van der Waals surface area contributed by atoms with E-state index in [-0.39, 0.29) is 0 Å². The van der Waals surface area contributed by atoms with Crippen molar-refractivity contribution in [1.29, 1.82) is 0 Å². The van der Waals surface area contributed by atoms with Crippen LogP contribution in [0, 0.1) is 0 Å². The van der Waals surface area contributed by atoms with E-state index in [4.69, 9.17) is 10.7 Å². The highest BCUT2D eigenvalue weighted by Gasteiger charge is 2.18. The number of hydrogen-bond donors (Lipinski definition) is 1. The van der Waals surface area contributed by atoms with Crippen LogP contribution in [0.4, 0.5) is 0 Å². The van der Waals surface area contributed by atoms with Gasteiger partial charge in [-0.3, -0.25) is 0 Å². The summed E-state index contributed by atoms with van der Waals surface area (Å²) in [6, 6.07) is 0. The quantitative estimate of drug-likeness (QED) is 0.883. The Kier molecular flexibility index (Phi) is 4.99. The summed E-state index contributed by atoms with van der Waals surface area (Å²) in [7, 11) is 0. The molecule has 2 rings (SSSR count). The van der Waals surface area contributed by atoms with E-state index in [0.717, 1.165) is 6.42 Å². The third-order valence-electron chi connectivity index (χ3n) is 3.77. The Morgan fingerprint density at radius 3 is 2.35 bits per heavy atom. The first kappa shape index (κ1) is 13.0. The molecule has 1 saturated carbocycles. The van der Waals surface area contributed by atoms with Crippen LogP contribution in [-0.2, 0) is 13.0 Å². The first-order valence-electron chi connectivity index (χ1n) is 7.03. The third kappa shape index (κ3) is 3.29. The lowest BCUT2D eigenvalue weighted by Crippen LogP contribution is -2.02. The van der Waals surface area contributed by atoms with Gasteiger partial charge in [0, 0.05) is 17.3 Å². The maximum absolute atomic E-state index is 5.80. The summed E-state index contributed by atoms with van der Waals surface area (Å²) in [5.74, 6) is 0.714. The summed E-state index contributed by atoms with van der Waals surface area (Å²) in [6.45, 7) is 2.84. The zero-order chi connectivity index (χ0) is 12.1. The third-order valence-corrected chi connectivity index (χ3v) is 5.05. The molecule has 0 amide bonds. The summed E-state index contributed by atoms with van der Waals surface area (Å²) >= 11 is 1.87. The number of aromatic nitrogens is 1. The van der Waals surface area contributed by atoms with Crippen LogP contribution < -0.4 is 5.73 Å². The van der Waals surface area contributed by atoms with Crippen LogP contribution in [0.2, 0.25) is 0 Å². The SMILES string of the molecule is CCc1nc(C2CCCCCCC2)sc1CN. The zero-order valence-corrected chi connectivity index (χ0v) is 11.7. The molecular weight excluding hydrogens is 228 g/mol. The van der Waals surface area contributed by atoms with E-state index in [1.165, 1.54) is 60.5 Å². The summed E-state index contributed by atoms with van der Waals surface area (Å²) in [5, 5.41) is 1.37. The highest BCUT2D eigenvalue weighted by atomic mass is 32.1. The predicted octanol–water partition coefficient (Wildman–Crippen LogP) is 3.99. The van der Waals surface area contributed by atoms with Crippen molar-refractivity contribution in [3.8, 4) is 0 Å². The summed E-state index contributed by atoms with van der Waals surface area (Å²) in [6.07, 6.45) is 10.7. The lowest BCUT2D eigenvalue weighted by Gasteiger charge is -2.17. The van der Waals surface area contributed by atoms with Crippen LogP contribution in [0.1, 0.15) is 73.4 Å². The van der Waals surface area contributed by atoms with Crippen LogP contribution >= 0.6 is 11.3 Å². The summed E-state index contributed by atoms with van der Waals surface area (Å²) in [4.78, 5) is 6.14. The van der Waals surface area contributed by atoms with Gasteiger partial charge in [0.1, 0.15) is 0 Å². The van der Waals surface area contributed by atoms with E-state index in [9.17, 15) is 0 Å². The molecule has 1 aliphatic rings. The highest BCUT2D eigenvalue weighted by Crippen LogP contribution is 2.34. The molecule has 2 N–H and O–H groups in total. The van der Waals surface area contributed by atoms with Gasteiger partial charge in [0.2, 0.25) is 0 Å². The molecule has 1 aromatic heterocycles. The highest BCUT2D eigenvalue weighted by molar-refractivity contribution is 7.11. The smallest absolute Gasteiger partial charge is 0.0962 e. The van der Waals surface area contributed by atoms with Crippen LogP contribution in [0.3, 0.4) is 0 Å². The molecule has 17 heavy (non-hydrogen) atoms. The molecule has 1 aromatic rings. The standard InChI is InChI=1S/C14H24N2S/c1-2-12-13(10-15)17-14(16-12)11-8-6-4-3-5-7-9-11/h11H,2-10,15H2,1H3. The zero-order valence-electron chi connectivity index (χ0n) is 10.9. The minimum absolute atomic E-state index is 0.660. The topological polar surface area (TPSA) is 38.9 Å². The molecule has 0 unspecified atom stereocenters. The van der Waals surface area contributed by atoms with Crippen molar-refractivity contribution in [3.63, 3.8) is 0 Å². The van der Waals surface area contributed by atoms with Gasteiger partial charge in [-0.2, -0.15) is 0 Å². The molecule has 0 bridgehead atoms. The van der Waals surface area contributed by atoms with Gasteiger partial charge < -0.3 is 5.73 Å². The number of hydrogen-bond acceptors (Lipinski definition) is 3. The number of thiazole rings is 1. The molecule has 0 spiro atoms. The van der Waals surface area contributed by atoms with Crippen molar-refractivity contribution < 1.29 is 0 Å². The fourth-order valence-corrected chi connectivity index (χ4v) is 3.92. The van der Waals surface area contributed by atoms with Crippen molar-refractivity contribution in [2.75, 3.05) is 0 Å². The monoisotopic (exact) mass is 252 g/mol. The molecule has 0 radical (unpaired) electrons. The Labute approximate surface area is 109 Å². The number of nitrogens with two attached hydrogens (primary N) is 1. The van der Waals surface area contributed by atoms with E-state index in [1.54, 1.807) is 0 Å². The van der Waals surface area contributed by atoms with Crippen LogP contribution in [0.15, 0.2) is 0 Å². The number of rotatable bonds is 3. The van der Waals surface area contributed by atoms with Gasteiger partial charge in [-0.25, -0.2) is 4.98 Å². The van der Waals surface area contributed by atoms with Crippen molar-refractivity contribution in [2.24, 2.45) is 5.73 Å².